The van der Waals surface area contributed by atoms with E-state index in [0.29, 0.717) is 5.75 Å². The molecule has 1 aliphatic heterocycles. The first kappa shape index (κ1) is 22.7. The number of aromatic nitrogens is 1. The van der Waals surface area contributed by atoms with Gasteiger partial charge in [0.1, 0.15) is 16.4 Å². The molecule has 4 rings (SSSR count). The third kappa shape index (κ3) is 4.04. The van der Waals surface area contributed by atoms with Gasteiger partial charge in [-0.05, 0) is 30.0 Å². The van der Waals surface area contributed by atoms with Crippen molar-refractivity contribution in [1.82, 2.24) is 9.88 Å². The van der Waals surface area contributed by atoms with Crippen molar-refractivity contribution in [3.05, 3.63) is 39.2 Å². The molecule has 14 heteroatoms. The van der Waals surface area contributed by atoms with Crippen molar-refractivity contribution in [3.63, 3.8) is 0 Å². The summed E-state index contributed by atoms with van der Waals surface area (Å²) in [6.07, 6.45) is -0.186. The number of carbonyl (C=O) groups excluding carboxylic acids is 1. The maximum absolute atomic E-state index is 13.4. The van der Waals surface area contributed by atoms with Crippen molar-refractivity contribution >= 4 is 50.6 Å². The summed E-state index contributed by atoms with van der Waals surface area (Å²) in [4.78, 5) is 14.2. The molecular formula is C19H15ClN4O7S2. The zero-order valence-corrected chi connectivity index (χ0v) is 19.5. The molecular weight excluding hydrogens is 496 g/mol. The average molecular weight is 511 g/mol. The van der Waals surface area contributed by atoms with Gasteiger partial charge in [0.05, 0.1) is 24.5 Å². The summed E-state index contributed by atoms with van der Waals surface area (Å²) in [5, 5.41) is 16.0. The van der Waals surface area contributed by atoms with Crippen molar-refractivity contribution in [2.45, 2.75) is 18.2 Å². The lowest BCUT2D eigenvalue weighted by atomic mass is 10.1. The molecule has 2 aromatic heterocycles. The molecule has 1 aliphatic rings. The SMILES string of the molecule is COc1c2c(cc(CC#N)c1N(C(=O)NS(=O)(=O)c1ccsc1)c1onc(C)c1Cl)OCO2. The highest BCUT2D eigenvalue weighted by molar-refractivity contribution is 7.90. The number of nitriles is 1. The fraction of sp³-hybridized carbons (Fsp3) is 0.211. The Kier molecular flexibility index (Phi) is 6.07. The standard InChI is InChI=1S/C19H15ClN4O7S2/c1-10-14(20)18(31-22-10)24(19(25)23-33(26,27)12-4-6-32-8-12)15-11(3-5-21)7-13-16(17(15)28-2)30-9-29-13/h4,6-8H,3,9H2,1-2H3,(H,23,25). The Morgan fingerprint density at radius 3 is 2.85 bits per heavy atom. The van der Waals surface area contributed by atoms with Crippen molar-refractivity contribution in [2.75, 3.05) is 18.8 Å². The number of amides is 2. The molecule has 1 N–H and O–H groups in total. The smallest absolute Gasteiger partial charge is 0.343 e. The molecule has 0 fully saturated rings. The zero-order chi connectivity index (χ0) is 23.8. The number of hydrogen-bond donors (Lipinski definition) is 1. The van der Waals surface area contributed by atoms with E-state index in [1.165, 1.54) is 24.6 Å². The van der Waals surface area contributed by atoms with E-state index in [2.05, 4.69) is 5.16 Å². The molecule has 0 radical (unpaired) electrons. The largest absolute Gasteiger partial charge is 0.491 e. The fourth-order valence-corrected chi connectivity index (χ4v) is 5.23. The summed E-state index contributed by atoms with van der Waals surface area (Å²) >= 11 is 7.47. The summed E-state index contributed by atoms with van der Waals surface area (Å²) in [5.74, 6) is 0.207. The molecule has 1 aromatic carbocycles. The summed E-state index contributed by atoms with van der Waals surface area (Å²) in [7, 11) is -2.92. The van der Waals surface area contributed by atoms with Crippen LogP contribution in [0, 0.1) is 18.3 Å². The van der Waals surface area contributed by atoms with E-state index in [1.807, 2.05) is 10.8 Å². The highest BCUT2D eigenvalue weighted by Gasteiger charge is 2.36. The Bertz CT molecular complexity index is 1360. The lowest BCUT2D eigenvalue weighted by Crippen LogP contribution is -2.41. The number of halogens is 1. The maximum Gasteiger partial charge on any atom is 0.343 e. The van der Waals surface area contributed by atoms with Crippen LogP contribution in [0.2, 0.25) is 5.02 Å². The van der Waals surface area contributed by atoms with Gasteiger partial charge in [-0.15, -0.1) is 0 Å². The number of benzene rings is 1. The van der Waals surface area contributed by atoms with Crippen LogP contribution >= 0.6 is 22.9 Å². The normalized spacial score (nSPS) is 12.3. The highest BCUT2D eigenvalue weighted by Crippen LogP contribution is 2.51. The van der Waals surface area contributed by atoms with Crippen LogP contribution in [-0.2, 0) is 16.4 Å². The van der Waals surface area contributed by atoms with Gasteiger partial charge in [-0.3, -0.25) is 0 Å². The van der Waals surface area contributed by atoms with E-state index in [-0.39, 0.29) is 57.5 Å². The summed E-state index contributed by atoms with van der Waals surface area (Å²) in [5.41, 5.74) is 0.512. The zero-order valence-electron chi connectivity index (χ0n) is 17.1. The molecule has 172 valence electrons. The van der Waals surface area contributed by atoms with Gasteiger partial charge in [-0.1, -0.05) is 16.8 Å². The number of methoxy groups -OCH3 is 1. The number of thiophene rings is 1. The third-order valence-electron chi connectivity index (χ3n) is 4.58. The van der Waals surface area contributed by atoms with Crippen molar-refractivity contribution < 1.29 is 31.9 Å². The van der Waals surface area contributed by atoms with E-state index in [4.69, 9.17) is 30.3 Å². The quantitative estimate of drug-likeness (QED) is 0.524. The number of aryl methyl sites for hydroxylation is 1. The predicted molar refractivity (Wildman–Crippen MR) is 117 cm³/mol. The second-order valence-electron chi connectivity index (χ2n) is 6.58. The van der Waals surface area contributed by atoms with Crippen LogP contribution in [0.3, 0.4) is 0 Å². The average Bonchev–Trinajstić information content (AvgIpc) is 3.52. The number of nitrogens with one attached hydrogen (secondary N) is 1. The van der Waals surface area contributed by atoms with Crippen LogP contribution in [0.25, 0.3) is 0 Å². The summed E-state index contributed by atoms with van der Waals surface area (Å²) < 4.78 is 49.1. The molecule has 0 saturated heterocycles. The van der Waals surface area contributed by atoms with Crippen LogP contribution < -0.4 is 23.8 Å². The lowest BCUT2D eigenvalue weighted by molar-refractivity contribution is 0.171. The minimum absolute atomic E-state index is 0.0145. The van der Waals surface area contributed by atoms with E-state index in [9.17, 15) is 18.5 Å². The minimum atomic E-state index is -4.24. The molecule has 0 saturated carbocycles. The molecule has 0 atom stereocenters. The Morgan fingerprint density at radius 1 is 1.45 bits per heavy atom. The Hall–Kier alpha value is -3.47. The molecule has 0 bridgehead atoms. The van der Waals surface area contributed by atoms with Gasteiger partial charge in [0.15, 0.2) is 11.5 Å². The van der Waals surface area contributed by atoms with Gasteiger partial charge >= 0.3 is 6.03 Å². The number of hydrogen-bond acceptors (Lipinski definition) is 10. The third-order valence-corrected chi connectivity index (χ3v) is 7.16. The van der Waals surface area contributed by atoms with Crippen molar-refractivity contribution in [1.29, 1.82) is 5.26 Å². The molecule has 0 unspecified atom stereocenters. The maximum atomic E-state index is 13.4. The monoisotopic (exact) mass is 510 g/mol. The van der Waals surface area contributed by atoms with Crippen molar-refractivity contribution in [3.8, 4) is 23.3 Å². The van der Waals surface area contributed by atoms with Gasteiger partial charge in [-0.25, -0.2) is 22.8 Å². The van der Waals surface area contributed by atoms with Gasteiger partial charge in [0.2, 0.25) is 12.5 Å². The van der Waals surface area contributed by atoms with Crippen LogP contribution in [0.5, 0.6) is 17.2 Å². The first-order chi connectivity index (χ1) is 15.8. The van der Waals surface area contributed by atoms with Gasteiger partial charge < -0.3 is 18.7 Å². The molecule has 11 nitrogen and oxygen atoms in total. The van der Waals surface area contributed by atoms with Crippen LogP contribution in [0.4, 0.5) is 16.4 Å². The first-order valence-electron chi connectivity index (χ1n) is 9.15. The van der Waals surface area contributed by atoms with Crippen LogP contribution in [0.1, 0.15) is 11.3 Å². The summed E-state index contributed by atoms with van der Waals surface area (Å²) in [6, 6.07) is 3.69. The number of nitrogens with zero attached hydrogens (tertiary/aromatic N) is 3. The number of ether oxygens (including phenoxy) is 3. The minimum Gasteiger partial charge on any atom is -0.491 e. The van der Waals surface area contributed by atoms with E-state index in [1.54, 1.807) is 12.3 Å². The van der Waals surface area contributed by atoms with Crippen LogP contribution in [-0.4, -0.2) is 33.5 Å². The molecule has 3 aromatic rings. The second kappa shape index (κ2) is 8.81. The number of rotatable bonds is 6. The number of urea groups is 1. The lowest BCUT2D eigenvalue weighted by Gasteiger charge is -2.25. The number of sulfonamides is 1. The van der Waals surface area contributed by atoms with E-state index >= 15 is 0 Å². The Morgan fingerprint density at radius 2 is 2.24 bits per heavy atom. The highest BCUT2D eigenvalue weighted by atomic mass is 35.5. The van der Waals surface area contributed by atoms with Crippen LogP contribution in [0.15, 0.2) is 32.3 Å². The van der Waals surface area contributed by atoms with Gasteiger partial charge in [-0.2, -0.15) is 16.6 Å². The van der Waals surface area contributed by atoms with Gasteiger partial charge in [0, 0.05) is 5.38 Å². The van der Waals surface area contributed by atoms with E-state index in [0.717, 1.165) is 16.2 Å². The topological polar surface area (TPSA) is 144 Å². The second-order valence-corrected chi connectivity index (χ2v) is 9.42. The molecule has 2 amide bonds. The number of fused-ring (bicyclic) bond motifs is 1. The Labute approximate surface area is 197 Å². The van der Waals surface area contributed by atoms with Gasteiger partial charge in [0.25, 0.3) is 15.9 Å². The predicted octanol–water partition coefficient (Wildman–Crippen LogP) is 3.74. The molecule has 0 aliphatic carbocycles. The molecule has 33 heavy (non-hydrogen) atoms. The first-order valence-corrected chi connectivity index (χ1v) is 12.0. The fourth-order valence-electron chi connectivity index (χ4n) is 3.11. The summed E-state index contributed by atoms with van der Waals surface area (Å²) in [6.45, 7) is 1.43. The van der Waals surface area contributed by atoms with E-state index < -0.39 is 16.1 Å². The number of anilines is 2. The number of carbonyl (C=O) groups is 1. The van der Waals surface area contributed by atoms with Crippen molar-refractivity contribution in [2.24, 2.45) is 0 Å². The molecule has 3 heterocycles. The molecule has 0 spiro atoms. The Balaban J connectivity index is 1.93.